The van der Waals surface area contributed by atoms with Crippen LogP contribution >= 0.6 is 0 Å². The van der Waals surface area contributed by atoms with E-state index in [9.17, 15) is 9.59 Å². The molecular formula is C30H26N2O3. The molecule has 2 heterocycles. The molecule has 35 heavy (non-hydrogen) atoms. The number of imide groups is 1. The molecule has 0 N–H and O–H groups in total. The van der Waals surface area contributed by atoms with Crippen LogP contribution in [0.5, 0.6) is 0 Å². The van der Waals surface area contributed by atoms with Crippen molar-refractivity contribution in [3.8, 4) is 5.69 Å². The second-order valence-corrected chi connectivity index (χ2v) is 9.16. The quantitative estimate of drug-likeness (QED) is 0.237. The highest BCUT2D eigenvalue weighted by molar-refractivity contribution is 6.12. The van der Waals surface area contributed by atoms with Gasteiger partial charge in [-0.1, -0.05) is 54.1 Å². The first kappa shape index (κ1) is 21.4. The number of hydrogen-bond donors (Lipinski definition) is 0. The largest absolute Gasteiger partial charge is 0.422 e. The zero-order valence-corrected chi connectivity index (χ0v) is 19.4. The van der Waals surface area contributed by atoms with Crippen LogP contribution < -0.4 is 0 Å². The number of nitrogens with zero attached hydrogens (tertiary/aromatic N) is 2. The Bertz CT molecular complexity index is 1510. The Balaban J connectivity index is 1.33. The monoisotopic (exact) mass is 462 g/mol. The van der Waals surface area contributed by atoms with Gasteiger partial charge in [-0.2, -0.15) is 0 Å². The summed E-state index contributed by atoms with van der Waals surface area (Å²) in [5.74, 6) is -0.281. The molecule has 3 aromatic carbocycles. The number of cyclic esters (lactones) is 1. The van der Waals surface area contributed by atoms with E-state index in [-0.39, 0.29) is 11.7 Å². The molecule has 0 spiro atoms. The fourth-order valence-electron chi connectivity index (χ4n) is 5.17. The van der Waals surface area contributed by atoms with Crippen LogP contribution in [0, 0.1) is 0 Å². The van der Waals surface area contributed by atoms with Crippen molar-refractivity contribution < 1.29 is 14.3 Å². The van der Waals surface area contributed by atoms with E-state index in [0.717, 1.165) is 52.3 Å². The maximum Gasteiger partial charge on any atom is 0.422 e. The van der Waals surface area contributed by atoms with Gasteiger partial charge in [-0.15, -0.1) is 0 Å². The number of allylic oxidation sites excluding steroid dienone is 1. The molecule has 1 aliphatic heterocycles. The number of fused-ring (bicyclic) bond motifs is 3. The Labute approximate surface area is 203 Å². The standard InChI is InChI=1S/C30H26N2O3/c33-29-28(35-30(34)31(29)18-17-21-9-3-1-4-10-21)20-22-15-16-27-25(19-22)24-13-7-8-14-26(24)32(27)23-11-5-2-6-12-23/h2,5-9,11-16,19-20H,1,3-4,10,17-18H2/b28-20+. The SMILES string of the molecule is O=C1O/C(=C/c2ccc3c(c2)c2ccccc2n3-c2ccccc2)C(=O)N1CCC1=CCCCC1. The first-order valence-corrected chi connectivity index (χ1v) is 12.2. The van der Waals surface area contributed by atoms with E-state index in [1.165, 1.54) is 23.3 Å². The van der Waals surface area contributed by atoms with Gasteiger partial charge >= 0.3 is 6.09 Å². The average Bonchev–Trinajstić information content (AvgIpc) is 3.36. The van der Waals surface area contributed by atoms with Gasteiger partial charge < -0.3 is 9.30 Å². The Morgan fingerprint density at radius 1 is 0.857 bits per heavy atom. The van der Waals surface area contributed by atoms with Crippen LogP contribution in [0.4, 0.5) is 4.79 Å². The van der Waals surface area contributed by atoms with Crippen LogP contribution in [0.3, 0.4) is 0 Å². The van der Waals surface area contributed by atoms with Crippen LogP contribution in [0.2, 0.25) is 0 Å². The van der Waals surface area contributed by atoms with E-state index in [2.05, 4.69) is 47.0 Å². The fourth-order valence-corrected chi connectivity index (χ4v) is 5.17. The zero-order chi connectivity index (χ0) is 23.8. The van der Waals surface area contributed by atoms with E-state index in [1.54, 1.807) is 6.08 Å². The lowest BCUT2D eigenvalue weighted by molar-refractivity contribution is -0.123. The van der Waals surface area contributed by atoms with Crippen molar-refractivity contribution in [3.63, 3.8) is 0 Å². The molecule has 174 valence electrons. The summed E-state index contributed by atoms with van der Waals surface area (Å²) in [5.41, 5.74) is 5.44. The molecule has 0 radical (unpaired) electrons. The summed E-state index contributed by atoms with van der Waals surface area (Å²) < 4.78 is 7.62. The molecule has 1 aliphatic carbocycles. The summed E-state index contributed by atoms with van der Waals surface area (Å²) in [4.78, 5) is 26.6. The Morgan fingerprint density at radius 2 is 1.66 bits per heavy atom. The molecule has 2 amide bonds. The van der Waals surface area contributed by atoms with Crippen molar-refractivity contribution in [2.45, 2.75) is 32.1 Å². The Kier molecular flexibility index (Phi) is 5.45. The molecular weight excluding hydrogens is 436 g/mol. The molecule has 5 heteroatoms. The minimum Gasteiger partial charge on any atom is -0.404 e. The summed E-state index contributed by atoms with van der Waals surface area (Å²) in [5, 5.41) is 2.21. The fraction of sp³-hybridized carbons (Fsp3) is 0.200. The maximum absolute atomic E-state index is 12.9. The van der Waals surface area contributed by atoms with E-state index < -0.39 is 6.09 Å². The molecule has 1 fully saturated rings. The molecule has 1 saturated heterocycles. The first-order chi connectivity index (χ1) is 17.2. The number of benzene rings is 3. The van der Waals surface area contributed by atoms with Gasteiger partial charge in [0.2, 0.25) is 0 Å². The minimum absolute atomic E-state index is 0.0822. The van der Waals surface area contributed by atoms with Gasteiger partial charge in [-0.3, -0.25) is 4.79 Å². The summed E-state index contributed by atoms with van der Waals surface area (Å²) >= 11 is 0. The van der Waals surface area contributed by atoms with Crippen LogP contribution in [-0.4, -0.2) is 28.0 Å². The van der Waals surface area contributed by atoms with Gasteiger partial charge in [-0.05, 0) is 74.1 Å². The molecule has 4 aromatic rings. The van der Waals surface area contributed by atoms with Crippen LogP contribution in [0.1, 0.15) is 37.7 Å². The van der Waals surface area contributed by atoms with Crippen molar-refractivity contribution in [1.82, 2.24) is 9.47 Å². The lowest BCUT2D eigenvalue weighted by Crippen LogP contribution is -2.30. The van der Waals surface area contributed by atoms with Crippen molar-refractivity contribution in [1.29, 1.82) is 0 Å². The van der Waals surface area contributed by atoms with Gasteiger partial charge in [0.15, 0.2) is 5.76 Å². The van der Waals surface area contributed by atoms with E-state index in [0.29, 0.717) is 6.54 Å². The van der Waals surface area contributed by atoms with Crippen molar-refractivity contribution in [2.24, 2.45) is 0 Å². The number of amides is 2. The molecule has 0 atom stereocenters. The molecule has 5 nitrogen and oxygen atoms in total. The maximum atomic E-state index is 12.9. The third-order valence-corrected chi connectivity index (χ3v) is 6.92. The number of hydrogen-bond acceptors (Lipinski definition) is 3. The van der Waals surface area contributed by atoms with Crippen molar-refractivity contribution >= 4 is 39.9 Å². The molecule has 6 rings (SSSR count). The smallest absolute Gasteiger partial charge is 0.404 e. The molecule has 2 aliphatic rings. The second kappa shape index (κ2) is 8.91. The number of carbonyl (C=O) groups is 2. The van der Waals surface area contributed by atoms with Crippen molar-refractivity contribution in [2.75, 3.05) is 6.54 Å². The predicted octanol–water partition coefficient (Wildman–Crippen LogP) is 6.99. The number of ether oxygens (including phenoxy) is 1. The Morgan fingerprint density at radius 3 is 2.49 bits per heavy atom. The van der Waals surface area contributed by atoms with Gasteiger partial charge in [0.25, 0.3) is 5.91 Å². The van der Waals surface area contributed by atoms with E-state index >= 15 is 0 Å². The molecule has 0 unspecified atom stereocenters. The summed E-state index contributed by atoms with van der Waals surface area (Å²) in [6.45, 7) is 0.366. The third kappa shape index (κ3) is 3.93. The van der Waals surface area contributed by atoms with Gasteiger partial charge in [0, 0.05) is 23.0 Å². The normalized spacial score (nSPS) is 17.4. The number of rotatable bonds is 5. The third-order valence-electron chi connectivity index (χ3n) is 6.92. The number of carbonyl (C=O) groups excluding carboxylic acids is 2. The van der Waals surface area contributed by atoms with Crippen molar-refractivity contribution in [3.05, 3.63) is 95.8 Å². The van der Waals surface area contributed by atoms with Crippen LogP contribution in [-0.2, 0) is 9.53 Å². The van der Waals surface area contributed by atoms with Crippen LogP contribution in [0.25, 0.3) is 33.6 Å². The molecule has 1 aromatic heterocycles. The van der Waals surface area contributed by atoms with E-state index in [1.807, 2.05) is 36.4 Å². The average molecular weight is 463 g/mol. The highest BCUT2D eigenvalue weighted by Crippen LogP contribution is 2.33. The van der Waals surface area contributed by atoms with Gasteiger partial charge in [0.1, 0.15) is 0 Å². The molecule has 0 bridgehead atoms. The Hall–Kier alpha value is -4.12. The lowest BCUT2D eigenvalue weighted by Gasteiger charge is -2.15. The van der Waals surface area contributed by atoms with Gasteiger partial charge in [-0.25, -0.2) is 9.69 Å². The predicted molar refractivity (Wildman–Crippen MR) is 138 cm³/mol. The second-order valence-electron chi connectivity index (χ2n) is 9.16. The number of aromatic nitrogens is 1. The summed E-state index contributed by atoms with van der Waals surface area (Å²) in [7, 11) is 0. The first-order valence-electron chi connectivity index (χ1n) is 12.2. The topological polar surface area (TPSA) is 51.5 Å². The number of para-hydroxylation sites is 2. The minimum atomic E-state index is -0.584. The zero-order valence-electron chi connectivity index (χ0n) is 19.4. The highest BCUT2D eigenvalue weighted by Gasteiger charge is 2.36. The van der Waals surface area contributed by atoms with Gasteiger partial charge in [0.05, 0.1) is 11.0 Å². The van der Waals surface area contributed by atoms with E-state index in [4.69, 9.17) is 4.74 Å². The summed E-state index contributed by atoms with van der Waals surface area (Å²) in [6.07, 6.45) is 8.59. The van der Waals surface area contributed by atoms with Crippen LogP contribution in [0.15, 0.2) is 90.2 Å². The lowest BCUT2D eigenvalue weighted by atomic mass is 9.97. The highest BCUT2D eigenvalue weighted by atomic mass is 16.6. The summed E-state index contributed by atoms with van der Waals surface area (Å²) in [6, 6.07) is 24.6. The molecule has 0 saturated carbocycles.